The normalized spacial score (nSPS) is 17.3. The van der Waals surface area contributed by atoms with Gasteiger partial charge in [-0.15, -0.1) is 0 Å². The summed E-state index contributed by atoms with van der Waals surface area (Å²) in [6.45, 7) is 2.62. The number of benzene rings is 2. The molecule has 27 heavy (non-hydrogen) atoms. The molecule has 6 heteroatoms. The molecule has 142 valence electrons. The molecule has 1 aliphatic rings. The average molecular weight is 370 g/mol. The molecule has 1 fully saturated rings. The maximum Gasteiger partial charge on any atom is 0.170 e. The Labute approximate surface area is 157 Å². The second kappa shape index (κ2) is 8.06. The van der Waals surface area contributed by atoms with Crippen molar-refractivity contribution in [2.75, 3.05) is 26.2 Å². The highest BCUT2D eigenvalue weighted by Gasteiger charge is 2.26. The van der Waals surface area contributed by atoms with E-state index < -0.39 is 6.10 Å². The molecular formula is C21H23FN2O3. The highest BCUT2D eigenvalue weighted by atomic mass is 19.1. The number of hydrogen-bond donors (Lipinski definition) is 1. The fourth-order valence-electron chi connectivity index (χ4n) is 3.67. The molecule has 1 atom stereocenters. The third-order valence-corrected chi connectivity index (χ3v) is 5.09. The standard InChI is InChI=1S/C21H23FN2O3/c22-16-6-7-19-20(12-16)27-23-21(19)15-8-10-24(11-9-15)13-17(25)14-26-18-4-2-1-3-5-18/h1-7,12,15,17,25H,8-11,13-14H2. The Morgan fingerprint density at radius 2 is 1.96 bits per heavy atom. The summed E-state index contributed by atoms with van der Waals surface area (Å²) in [7, 11) is 0. The van der Waals surface area contributed by atoms with Gasteiger partial charge in [0.25, 0.3) is 0 Å². The maximum absolute atomic E-state index is 13.3. The molecule has 2 aromatic carbocycles. The van der Waals surface area contributed by atoms with Gasteiger partial charge in [-0.05, 0) is 50.2 Å². The molecule has 0 aliphatic carbocycles. The summed E-state index contributed by atoms with van der Waals surface area (Å²) in [4.78, 5) is 2.25. The first-order valence-corrected chi connectivity index (χ1v) is 9.32. The SMILES string of the molecule is OC(COc1ccccc1)CN1CCC(c2noc3cc(F)ccc23)CC1. The molecule has 0 bridgehead atoms. The van der Waals surface area contributed by atoms with Gasteiger partial charge in [0.1, 0.15) is 24.3 Å². The van der Waals surface area contributed by atoms with E-state index in [0.29, 0.717) is 18.0 Å². The van der Waals surface area contributed by atoms with Crippen molar-refractivity contribution in [1.82, 2.24) is 10.1 Å². The summed E-state index contributed by atoms with van der Waals surface area (Å²) in [6.07, 6.45) is 1.34. The zero-order valence-corrected chi connectivity index (χ0v) is 15.1. The number of likely N-dealkylation sites (tertiary alicyclic amines) is 1. The molecule has 1 aromatic heterocycles. The quantitative estimate of drug-likeness (QED) is 0.719. The number of aromatic nitrogens is 1. The van der Waals surface area contributed by atoms with E-state index in [0.717, 1.165) is 42.8 Å². The topological polar surface area (TPSA) is 58.7 Å². The van der Waals surface area contributed by atoms with E-state index in [1.54, 1.807) is 6.07 Å². The lowest BCUT2D eigenvalue weighted by Crippen LogP contribution is -2.40. The Kier molecular flexibility index (Phi) is 5.36. The van der Waals surface area contributed by atoms with Crippen molar-refractivity contribution in [3.05, 3.63) is 60.0 Å². The first-order chi connectivity index (χ1) is 13.2. The van der Waals surface area contributed by atoms with Gasteiger partial charge >= 0.3 is 0 Å². The van der Waals surface area contributed by atoms with Gasteiger partial charge in [-0.3, -0.25) is 0 Å². The molecule has 0 radical (unpaired) electrons. The van der Waals surface area contributed by atoms with Gasteiger partial charge in [0, 0.05) is 23.9 Å². The van der Waals surface area contributed by atoms with Crippen LogP contribution >= 0.6 is 0 Å². The Morgan fingerprint density at radius 3 is 2.74 bits per heavy atom. The number of aliphatic hydroxyl groups is 1. The Morgan fingerprint density at radius 1 is 1.19 bits per heavy atom. The predicted octanol–water partition coefficient (Wildman–Crippen LogP) is 3.59. The van der Waals surface area contributed by atoms with Gasteiger partial charge in [-0.25, -0.2) is 4.39 Å². The molecule has 1 aliphatic heterocycles. The number of halogens is 1. The minimum absolute atomic E-state index is 0.281. The highest BCUT2D eigenvalue weighted by molar-refractivity contribution is 5.79. The smallest absolute Gasteiger partial charge is 0.170 e. The van der Waals surface area contributed by atoms with Crippen molar-refractivity contribution in [2.45, 2.75) is 24.9 Å². The number of nitrogens with zero attached hydrogens (tertiary/aromatic N) is 2. The minimum atomic E-state index is -0.530. The molecule has 1 unspecified atom stereocenters. The lowest BCUT2D eigenvalue weighted by molar-refractivity contribution is 0.0592. The van der Waals surface area contributed by atoms with E-state index in [9.17, 15) is 9.50 Å². The van der Waals surface area contributed by atoms with E-state index in [-0.39, 0.29) is 12.4 Å². The number of β-amino-alcohol motifs (C(OH)–C–C–N with tert-alkyl or cyclic N) is 1. The molecule has 0 spiro atoms. The molecular weight excluding hydrogens is 347 g/mol. The number of piperidine rings is 1. The van der Waals surface area contributed by atoms with Gasteiger partial charge in [0.05, 0.1) is 5.69 Å². The first-order valence-electron chi connectivity index (χ1n) is 9.32. The second-order valence-electron chi connectivity index (χ2n) is 7.06. The van der Waals surface area contributed by atoms with Crippen molar-refractivity contribution in [2.24, 2.45) is 0 Å². The molecule has 0 amide bonds. The third kappa shape index (κ3) is 4.28. The fourth-order valence-corrected chi connectivity index (χ4v) is 3.67. The van der Waals surface area contributed by atoms with E-state index in [1.807, 2.05) is 30.3 Å². The van der Waals surface area contributed by atoms with E-state index >= 15 is 0 Å². The van der Waals surface area contributed by atoms with E-state index in [2.05, 4.69) is 10.1 Å². The number of fused-ring (bicyclic) bond motifs is 1. The Balaban J connectivity index is 1.28. The van der Waals surface area contributed by atoms with Gasteiger partial charge in [0.2, 0.25) is 0 Å². The van der Waals surface area contributed by atoms with Gasteiger partial charge in [0.15, 0.2) is 5.58 Å². The number of hydrogen-bond acceptors (Lipinski definition) is 5. The summed E-state index contributed by atoms with van der Waals surface area (Å²) in [5.74, 6) is 0.752. The zero-order valence-electron chi connectivity index (χ0n) is 15.1. The van der Waals surface area contributed by atoms with Crippen molar-refractivity contribution in [1.29, 1.82) is 0 Å². The van der Waals surface area contributed by atoms with Crippen molar-refractivity contribution in [3.63, 3.8) is 0 Å². The summed E-state index contributed by atoms with van der Waals surface area (Å²) >= 11 is 0. The predicted molar refractivity (Wildman–Crippen MR) is 100 cm³/mol. The van der Waals surface area contributed by atoms with Crippen LogP contribution in [-0.2, 0) is 0 Å². The Hall–Kier alpha value is -2.44. The number of para-hydroxylation sites is 1. The molecule has 2 heterocycles. The largest absolute Gasteiger partial charge is 0.491 e. The molecule has 3 aromatic rings. The lowest BCUT2D eigenvalue weighted by Gasteiger charge is -2.32. The van der Waals surface area contributed by atoms with E-state index in [4.69, 9.17) is 9.26 Å². The molecule has 0 saturated carbocycles. The van der Waals surface area contributed by atoms with Crippen LogP contribution in [0.1, 0.15) is 24.5 Å². The van der Waals surface area contributed by atoms with Gasteiger partial charge < -0.3 is 19.3 Å². The zero-order chi connectivity index (χ0) is 18.6. The van der Waals surface area contributed by atoms with Gasteiger partial charge in [-0.1, -0.05) is 23.4 Å². The average Bonchev–Trinajstić information content (AvgIpc) is 3.11. The van der Waals surface area contributed by atoms with Crippen LogP contribution in [0, 0.1) is 5.82 Å². The lowest BCUT2D eigenvalue weighted by atomic mass is 9.91. The van der Waals surface area contributed by atoms with Crippen LogP contribution in [0.5, 0.6) is 5.75 Å². The van der Waals surface area contributed by atoms with Crippen LogP contribution in [-0.4, -0.2) is 47.5 Å². The van der Waals surface area contributed by atoms with Crippen LogP contribution in [0.2, 0.25) is 0 Å². The van der Waals surface area contributed by atoms with Crippen molar-refractivity contribution >= 4 is 11.0 Å². The van der Waals surface area contributed by atoms with Crippen LogP contribution < -0.4 is 4.74 Å². The summed E-state index contributed by atoms with van der Waals surface area (Å²) in [5, 5.41) is 15.3. The molecule has 1 saturated heterocycles. The van der Waals surface area contributed by atoms with E-state index in [1.165, 1.54) is 12.1 Å². The number of ether oxygens (including phenoxy) is 1. The molecule has 5 nitrogen and oxygen atoms in total. The molecule has 1 N–H and O–H groups in total. The summed E-state index contributed by atoms with van der Waals surface area (Å²) in [6, 6.07) is 14.1. The number of aliphatic hydroxyl groups excluding tert-OH is 1. The van der Waals surface area contributed by atoms with Crippen molar-refractivity contribution < 1.29 is 18.8 Å². The fraction of sp³-hybridized carbons (Fsp3) is 0.381. The van der Waals surface area contributed by atoms with Crippen LogP contribution in [0.15, 0.2) is 53.1 Å². The van der Waals surface area contributed by atoms with Gasteiger partial charge in [-0.2, -0.15) is 0 Å². The summed E-state index contributed by atoms with van der Waals surface area (Å²) < 4.78 is 24.2. The van der Waals surface area contributed by atoms with Crippen LogP contribution in [0.25, 0.3) is 11.0 Å². The second-order valence-corrected chi connectivity index (χ2v) is 7.06. The van der Waals surface area contributed by atoms with Crippen LogP contribution in [0.4, 0.5) is 4.39 Å². The Bertz CT molecular complexity index is 876. The monoisotopic (exact) mass is 370 g/mol. The number of rotatable bonds is 6. The minimum Gasteiger partial charge on any atom is -0.491 e. The third-order valence-electron chi connectivity index (χ3n) is 5.09. The first kappa shape index (κ1) is 17.9. The van der Waals surface area contributed by atoms with Crippen molar-refractivity contribution in [3.8, 4) is 5.75 Å². The molecule has 4 rings (SSSR count). The highest BCUT2D eigenvalue weighted by Crippen LogP contribution is 2.32. The maximum atomic E-state index is 13.3. The summed E-state index contributed by atoms with van der Waals surface area (Å²) in [5.41, 5.74) is 1.42. The van der Waals surface area contributed by atoms with Crippen LogP contribution in [0.3, 0.4) is 0 Å².